The minimum absolute atomic E-state index is 0.0946. The van der Waals surface area contributed by atoms with E-state index in [4.69, 9.17) is 10.9 Å². The number of aromatic nitrogens is 2. The van der Waals surface area contributed by atoms with E-state index < -0.39 is 5.82 Å². The maximum absolute atomic E-state index is 13.2. The predicted octanol–water partition coefficient (Wildman–Crippen LogP) is 1.30. The second kappa shape index (κ2) is 7.39. The van der Waals surface area contributed by atoms with Crippen molar-refractivity contribution in [2.45, 2.75) is 19.5 Å². The summed E-state index contributed by atoms with van der Waals surface area (Å²) in [5, 5.41) is 19.0. The second-order valence-corrected chi connectivity index (χ2v) is 4.59. The van der Waals surface area contributed by atoms with Crippen LogP contribution < -0.4 is 11.1 Å². The van der Waals surface area contributed by atoms with Crippen LogP contribution >= 0.6 is 0 Å². The van der Waals surface area contributed by atoms with Gasteiger partial charge in [-0.1, -0.05) is 11.2 Å². The molecule has 0 bridgehead atoms. The normalized spacial score (nSPS) is 11.8. The molecule has 0 saturated heterocycles. The summed E-state index contributed by atoms with van der Waals surface area (Å²) in [6.07, 6.45) is 4.58. The van der Waals surface area contributed by atoms with Crippen molar-refractivity contribution >= 4 is 5.84 Å². The Kier molecular flexibility index (Phi) is 5.28. The molecular weight excluding hydrogens is 273 g/mol. The lowest BCUT2D eigenvalue weighted by molar-refractivity contribution is 0.318. The number of aryl methyl sites for hydroxylation is 1. The molecule has 2 aromatic rings. The molecule has 112 valence electrons. The van der Waals surface area contributed by atoms with Crippen molar-refractivity contribution in [1.29, 1.82) is 0 Å². The third-order valence-electron chi connectivity index (χ3n) is 3.07. The van der Waals surface area contributed by atoms with Crippen molar-refractivity contribution in [1.82, 2.24) is 15.1 Å². The van der Waals surface area contributed by atoms with E-state index >= 15 is 0 Å². The molecule has 7 heteroatoms. The molecule has 0 amide bonds. The Bertz CT molecular complexity index is 597. The van der Waals surface area contributed by atoms with Gasteiger partial charge in [0.25, 0.3) is 0 Å². The summed E-state index contributed by atoms with van der Waals surface area (Å²) in [6.45, 7) is 2.13. The van der Waals surface area contributed by atoms with Crippen LogP contribution in [0.4, 0.5) is 4.39 Å². The van der Waals surface area contributed by atoms with E-state index in [0.717, 1.165) is 25.1 Å². The standard InChI is InChI=1S/C14H18FN5O/c15-12-4-3-11(13(9-12)14(16)19-21)10-17-5-1-7-20-8-2-6-18-20/h2-4,6,8-9,17,21H,1,5,7,10H2,(H2,16,19). The van der Waals surface area contributed by atoms with Gasteiger partial charge in [-0.05, 0) is 36.7 Å². The van der Waals surface area contributed by atoms with Gasteiger partial charge in [0.15, 0.2) is 5.84 Å². The van der Waals surface area contributed by atoms with Crippen LogP contribution in [0.5, 0.6) is 0 Å². The van der Waals surface area contributed by atoms with E-state index in [2.05, 4.69) is 15.6 Å². The summed E-state index contributed by atoms with van der Waals surface area (Å²) < 4.78 is 15.1. The third kappa shape index (κ3) is 4.28. The highest BCUT2D eigenvalue weighted by Crippen LogP contribution is 2.11. The highest BCUT2D eigenvalue weighted by atomic mass is 19.1. The van der Waals surface area contributed by atoms with Gasteiger partial charge in [0, 0.05) is 31.0 Å². The van der Waals surface area contributed by atoms with Crippen molar-refractivity contribution in [3.63, 3.8) is 0 Å². The summed E-state index contributed by atoms with van der Waals surface area (Å²) in [5.74, 6) is -0.512. The Morgan fingerprint density at radius 2 is 2.33 bits per heavy atom. The van der Waals surface area contributed by atoms with E-state index in [1.54, 1.807) is 12.3 Å². The van der Waals surface area contributed by atoms with Gasteiger partial charge in [-0.15, -0.1) is 0 Å². The molecule has 0 aliphatic carbocycles. The number of halogens is 1. The molecule has 0 radical (unpaired) electrons. The van der Waals surface area contributed by atoms with Crippen LogP contribution in [0.25, 0.3) is 0 Å². The van der Waals surface area contributed by atoms with Crippen LogP contribution in [0.2, 0.25) is 0 Å². The molecule has 1 heterocycles. The lowest BCUT2D eigenvalue weighted by Crippen LogP contribution is -2.21. The van der Waals surface area contributed by atoms with Crippen LogP contribution in [0, 0.1) is 5.82 Å². The summed E-state index contributed by atoms with van der Waals surface area (Å²) >= 11 is 0. The van der Waals surface area contributed by atoms with E-state index in [0.29, 0.717) is 12.1 Å². The van der Waals surface area contributed by atoms with E-state index in [-0.39, 0.29) is 5.84 Å². The number of rotatable bonds is 7. The van der Waals surface area contributed by atoms with Gasteiger partial charge in [-0.3, -0.25) is 4.68 Å². The molecular formula is C14H18FN5O. The fourth-order valence-corrected chi connectivity index (χ4v) is 2.02. The largest absolute Gasteiger partial charge is 0.409 e. The fourth-order valence-electron chi connectivity index (χ4n) is 2.02. The van der Waals surface area contributed by atoms with E-state index in [9.17, 15) is 4.39 Å². The number of nitrogens with two attached hydrogens (primary N) is 1. The number of nitrogens with one attached hydrogen (secondary N) is 1. The van der Waals surface area contributed by atoms with Gasteiger partial charge in [-0.25, -0.2) is 4.39 Å². The first-order valence-electron chi connectivity index (χ1n) is 6.65. The number of hydrogen-bond acceptors (Lipinski definition) is 4. The summed E-state index contributed by atoms with van der Waals surface area (Å²) in [6, 6.07) is 6.13. The zero-order valence-electron chi connectivity index (χ0n) is 11.5. The van der Waals surface area contributed by atoms with E-state index in [1.807, 2.05) is 16.9 Å². The molecule has 2 rings (SSSR count). The summed E-state index contributed by atoms with van der Waals surface area (Å²) in [7, 11) is 0. The first-order valence-corrected chi connectivity index (χ1v) is 6.65. The second-order valence-electron chi connectivity index (χ2n) is 4.59. The van der Waals surface area contributed by atoms with Gasteiger partial charge in [-0.2, -0.15) is 5.10 Å². The molecule has 0 aliphatic heterocycles. The van der Waals surface area contributed by atoms with Crippen LogP contribution in [0.3, 0.4) is 0 Å². The van der Waals surface area contributed by atoms with Crippen LogP contribution in [-0.4, -0.2) is 27.4 Å². The average Bonchev–Trinajstić information content (AvgIpc) is 3.00. The van der Waals surface area contributed by atoms with Crippen LogP contribution in [-0.2, 0) is 13.1 Å². The van der Waals surface area contributed by atoms with Crippen molar-refractivity contribution in [2.75, 3.05) is 6.54 Å². The van der Waals surface area contributed by atoms with Gasteiger partial charge in [0.2, 0.25) is 0 Å². The molecule has 6 nitrogen and oxygen atoms in total. The number of oxime groups is 1. The molecule has 4 N–H and O–H groups in total. The molecule has 0 spiro atoms. The lowest BCUT2D eigenvalue weighted by atomic mass is 10.1. The predicted molar refractivity (Wildman–Crippen MR) is 77.5 cm³/mol. The highest BCUT2D eigenvalue weighted by Gasteiger charge is 2.08. The van der Waals surface area contributed by atoms with Crippen LogP contribution in [0.15, 0.2) is 41.8 Å². The van der Waals surface area contributed by atoms with Crippen molar-refractivity contribution in [3.8, 4) is 0 Å². The molecule has 0 atom stereocenters. The van der Waals surface area contributed by atoms with Gasteiger partial charge >= 0.3 is 0 Å². The van der Waals surface area contributed by atoms with Gasteiger partial charge < -0.3 is 16.3 Å². The molecule has 0 saturated carbocycles. The lowest BCUT2D eigenvalue weighted by Gasteiger charge is -2.10. The zero-order chi connectivity index (χ0) is 15.1. The Morgan fingerprint density at radius 3 is 3.05 bits per heavy atom. The minimum Gasteiger partial charge on any atom is -0.409 e. The first kappa shape index (κ1) is 15.0. The number of amidine groups is 1. The Morgan fingerprint density at radius 1 is 1.48 bits per heavy atom. The number of hydrogen-bond donors (Lipinski definition) is 3. The molecule has 0 aliphatic rings. The number of benzene rings is 1. The molecule has 0 unspecified atom stereocenters. The topological polar surface area (TPSA) is 88.5 Å². The minimum atomic E-state index is -0.418. The van der Waals surface area contributed by atoms with Gasteiger partial charge in [0.1, 0.15) is 5.82 Å². The first-order chi connectivity index (χ1) is 10.2. The number of nitrogens with zero attached hydrogens (tertiary/aromatic N) is 3. The van der Waals surface area contributed by atoms with Crippen molar-refractivity contribution in [2.24, 2.45) is 10.9 Å². The molecule has 1 aromatic carbocycles. The Balaban J connectivity index is 1.85. The highest BCUT2D eigenvalue weighted by molar-refractivity contribution is 5.98. The smallest absolute Gasteiger partial charge is 0.170 e. The third-order valence-corrected chi connectivity index (χ3v) is 3.07. The molecule has 1 aromatic heterocycles. The molecule has 0 fully saturated rings. The Hall–Kier alpha value is -2.41. The summed E-state index contributed by atoms with van der Waals surface area (Å²) in [4.78, 5) is 0. The average molecular weight is 291 g/mol. The monoisotopic (exact) mass is 291 g/mol. The van der Waals surface area contributed by atoms with Gasteiger partial charge in [0.05, 0.1) is 0 Å². The van der Waals surface area contributed by atoms with E-state index in [1.165, 1.54) is 12.1 Å². The SMILES string of the molecule is N/C(=N/O)c1cc(F)ccc1CNCCCn1cccn1. The Labute approximate surface area is 122 Å². The van der Waals surface area contributed by atoms with Crippen LogP contribution in [0.1, 0.15) is 17.5 Å². The maximum Gasteiger partial charge on any atom is 0.170 e. The maximum atomic E-state index is 13.2. The fraction of sp³-hybridized carbons (Fsp3) is 0.286. The zero-order valence-corrected chi connectivity index (χ0v) is 11.5. The quantitative estimate of drug-likeness (QED) is 0.236. The van der Waals surface area contributed by atoms with Crippen molar-refractivity contribution < 1.29 is 9.60 Å². The summed E-state index contributed by atoms with van der Waals surface area (Å²) in [5.41, 5.74) is 6.74. The molecule has 21 heavy (non-hydrogen) atoms. The van der Waals surface area contributed by atoms with Crippen molar-refractivity contribution in [3.05, 3.63) is 53.6 Å².